The van der Waals surface area contributed by atoms with E-state index < -0.39 is 11.6 Å². The Morgan fingerprint density at radius 1 is 0.947 bits per heavy atom. The van der Waals surface area contributed by atoms with E-state index in [1.165, 1.54) is 12.7 Å². The maximum absolute atomic E-state index is 13.1. The number of methoxy groups -OCH3 is 1. The molecule has 3 rings (SSSR count). The zero-order valence-electron chi connectivity index (χ0n) is 22.6. The van der Waals surface area contributed by atoms with Crippen molar-refractivity contribution in [2.45, 2.75) is 51.7 Å². The summed E-state index contributed by atoms with van der Waals surface area (Å²) >= 11 is 0. The molecule has 0 saturated carbocycles. The van der Waals surface area contributed by atoms with Crippen molar-refractivity contribution in [3.05, 3.63) is 95.6 Å². The van der Waals surface area contributed by atoms with Gasteiger partial charge in [-0.25, -0.2) is 9.59 Å². The van der Waals surface area contributed by atoms with Gasteiger partial charge in [-0.3, -0.25) is 0 Å². The Balaban J connectivity index is 1.56. The minimum absolute atomic E-state index is 0.157. The number of carboxylic acid groups (broad SMARTS) is 1. The number of anilines is 1. The van der Waals surface area contributed by atoms with Crippen molar-refractivity contribution in [3.8, 4) is 5.75 Å². The maximum atomic E-state index is 13.1. The van der Waals surface area contributed by atoms with E-state index in [0.717, 1.165) is 16.8 Å². The standard InChI is InChI=1S/C31H38N2O5/c1-23(2)26-13-15-27(16-14-26)32-30(36)33(22-25-9-6-5-7-10-25)19-8-20-38-28-17-11-24(12-18-28)21-31(3,37-4)29(34)35/h5-7,9-18,23H,8,19-22H2,1-4H3,(H,32,36)(H,34,35). The maximum Gasteiger partial charge on any atom is 0.336 e. The van der Waals surface area contributed by atoms with Gasteiger partial charge in [0.1, 0.15) is 5.75 Å². The molecule has 0 heterocycles. The van der Waals surface area contributed by atoms with E-state index in [9.17, 15) is 14.7 Å². The van der Waals surface area contributed by atoms with Crippen LogP contribution in [-0.4, -0.2) is 47.9 Å². The lowest BCUT2D eigenvalue weighted by atomic mass is 9.96. The molecule has 0 radical (unpaired) electrons. The molecule has 3 aromatic carbocycles. The molecule has 1 atom stereocenters. The molecule has 0 spiro atoms. The van der Waals surface area contributed by atoms with E-state index in [1.54, 1.807) is 11.8 Å². The topological polar surface area (TPSA) is 88.1 Å². The van der Waals surface area contributed by atoms with E-state index in [2.05, 4.69) is 19.2 Å². The third-order valence-corrected chi connectivity index (χ3v) is 6.54. The van der Waals surface area contributed by atoms with Gasteiger partial charge in [0, 0.05) is 32.3 Å². The summed E-state index contributed by atoms with van der Waals surface area (Å²) in [5.74, 6) is 0.116. The van der Waals surface area contributed by atoms with E-state index in [1.807, 2.05) is 78.9 Å². The molecule has 0 bridgehead atoms. The Hall–Kier alpha value is -3.84. The van der Waals surface area contributed by atoms with Crippen LogP contribution in [0.4, 0.5) is 10.5 Å². The predicted molar refractivity (Wildman–Crippen MR) is 150 cm³/mol. The van der Waals surface area contributed by atoms with Crippen LogP contribution in [0.5, 0.6) is 5.75 Å². The SMILES string of the molecule is COC(C)(Cc1ccc(OCCCN(Cc2ccccc2)C(=O)Nc2ccc(C(C)C)cc2)cc1)C(=O)O. The number of nitrogens with zero attached hydrogens (tertiary/aromatic N) is 1. The van der Waals surface area contributed by atoms with Gasteiger partial charge in [0.25, 0.3) is 0 Å². The van der Waals surface area contributed by atoms with E-state index in [-0.39, 0.29) is 12.5 Å². The van der Waals surface area contributed by atoms with Gasteiger partial charge in [0.2, 0.25) is 0 Å². The first kappa shape index (κ1) is 28.7. The minimum Gasteiger partial charge on any atom is -0.494 e. The largest absolute Gasteiger partial charge is 0.494 e. The van der Waals surface area contributed by atoms with Crippen LogP contribution in [0.25, 0.3) is 0 Å². The molecular formula is C31H38N2O5. The average Bonchev–Trinajstić information content (AvgIpc) is 2.92. The lowest BCUT2D eigenvalue weighted by Crippen LogP contribution is -2.39. The van der Waals surface area contributed by atoms with Crippen LogP contribution in [0.3, 0.4) is 0 Å². The third kappa shape index (κ3) is 8.35. The number of benzene rings is 3. The molecule has 3 aromatic rings. The second-order valence-corrected chi connectivity index (χ2v) is 9.88. The van der Waals surface area contributed by atoms with Crippen molar-refractivity contribution in [1.29, 1.82) is 0 Å². The molecule has 38 heavy (non-hydrogen) atoms. The van der Waals surface area contributed by atoms with Crippen LogP contribution in [0.1, 0.15) is 49.8 Å². The number of amides is 2. The Morgan fingerprint density at radius 2 is 1.61 bits per heavy atom. The van der Waals surface area contributed by atoms with Gasteiger partial charge < -0.3 is 24.8 Å². The summed E-state index contributed by atoms with van der Waals surface area (Å²) in [6, 6.07) is 25.0. The highest BCUT2D eigenvalue weighted by Gasteiger charge is 2.33. The van der Waals surface area contributed by atoms with E-state index in [4.69, 9.17) is 9.47 Å². The van der Waals surface area contributed by atoms with Gasteiger partial charge in [-0.05, 0) is 60.2 Å². The first-order chi connectivity index (χ1) is 18.2. The van der Waals surface area contributed by atoms with Gasteiger partial charge >= 0.3 is 12.0 Å². The Bertz CT molecular complexity index is 1160. The zero-order chi connectivity index (χ0) is 27.5. The Morgan fingerprint density at radius 3 is 2.18 bits per heavy atom. The fraction of sp³-hybridized carbons (Fsp3) is 0.355. The number of ether oxygens (including phenoxy) is 2. The van der Waals surface area contributed by atoms with Crippen LogP contribution >= 0.6 is 0 Å². The molecule has 2 N–H and O–H groups in total. The number of aliphatic carboxylic acids is 1. The first-order valence-electron chi connectivity index (χ1n) is 12.9. The minimum atomic E-state index is -1.28. The quantitative estimate of drug-likeness (QED) is 0.258. The normalized spacial score (nSPS) is 12.6. The third-order valence-electron chi connectivity index (χ3n) is 6.54. The van der Waals surface area contributed by atoms with Gasteiger partial charge in [-0.1, -0.05) is 68.4 Å². The van der Waals surface area contributed by atoms with E-state index in [0.29, 0.717) is 37.8 Å². The lowest BCUT2D eigenvalue weighted by Gasteiger charge is -2.24. The summed E-state index contributed by atoms with van der Waals surface area (Å²) < 4.78 is 11.1. The van der Waals surface area contributed by atoms with E-state index >= 15 is 0 Å². The molecule has 7 nitrogen and oxygen atoms in total. The fourth-order valence-electron chi connectivity index (χ4n) is 3.98. The van der Waals surface area contributed by atoms with Crippen molar-refractivity contribution in [2.24, 2.45) is 0 Å². The first-order valence-corrected chi connectivity index (χ1v) is 12.9. The number of hydrogen-bond acceptors (Lipinski definition) is 4. The van der Waals surface area contributed by atoms with Crippen molar-refractivity contribution < 1.29 is 24.2 Å². The molecule has 0 aliphatic rings. The number of carboxylic acids is 1. The van der Waals surface area contributed by atoms with Gasteiger partial charge in [-0.15, -0.1) is 0 Å². The summed E-state index contributed by atoms with van der Waals surface area (Å²) in [5, 5.41) is 12.4. The van der Waals surface area contributed by atoms with Gasteiger partial charge in [0.05, 0.1) is 6.61 Å². The smallest absolute Gasteiger partial charge is 0.336 e. The molecule has 0 saturated heterocycles. The van der Waals surface area contributed by atoms with Crippen molar-refractivity contribution in [1.82, 2.24) is 4.90 Å². The predicted octanol–water partition coefficient (Wildman–Crippen LogP) is 6.35. The van der Waals surface area contributed by atoms with Crippen LogP contribution < -0.4 is 10.1 Å². The highest BCUT2D eigenvalue weighted by Crippen LogP contribution is 2.21. The number of hydrogen-bond donors (Lipinski definition) is 2. The van der Waals surface area contributed by atoms with Crippen LogP contribution in [0.15, 0.2) is 78.9 Å². The monoisotopic (exact) mass is 518 g/mol. The average molecular weight is 519 g/mol. The number of carbonyl (C=O) groups is 2. The summed E-state index contributed by atoms with van der Waals surface area (Å²) in [6.45, 7) is 7.29. The van der Waals surface area contributed by atoms with Crippen LogP contribution in [0.2, 0.25) is 0 Å². The summed E-state index contributed by atoms with van der Waals surface area (Å²) in [7, 11) is 1.40. The molecule has 0 aliphatic heterocycles. The molecule has 0 fully saturated rings. The van der Waals surface area contributed by atoms with Crippen molar-refractivity contribution in [3.63, 3.8) is 0 Å². The number of nitrogens with one attached hydrogen (secondary N) is 1. The molecule has 0 aliphatic carbocycles. The number of urea groups is 1. The molecular weight excluding hydrogens is 480 g/mol. The van der Waals surface area contributed by atoms with Gasteiger partial charge in [-0.2, -0.15) is 0 Å². The van der Waals surface area contributed by atoms with Crippen molar-refractivity contribution >= 4 is 17.7 Å². The molecule has 202 valence electrons. The molecule has 7 heteroatoms. The lowest BCUT2D eigenvalue weighted by molar-refractivity contribution is -0.159. The second kappa shape index (κ2) is 13.6. The Labute approximate surface area is 225 Å². The highest BCUT2D eigenvalue weighted by atomic mass is 16.5. The fourth-order valence-corrected chi connectivity index (χ4v) is 3.98. The Kier molecular flexibility index (Phi) is 10.3. The highest BCUT2D eigenvalue weighted by molar-refractivity contribution is 5.89. The number of carbonyl (C=O) groups excluding carboxylic acids is 1. The molecule has 2 amide bonds. The molecule has 0 aromatic heterocycles. The summed E-state index contributed by atoms with van der Waals surface area (Å²) in [5.41, 5.74) is 2.61. The van der Waals surface area contributed by atoms with Crippen LogP contribution in [0, 0.1) is 0 Å². The van der Waals surface area contributed by atoms with Gasteiger partial charge in [0.15, 0.2) is 5.60 Å². The summed E-state index contributed by atoms with van der Waals surface area (Å²) in [4.78, 5) is 26.4. The second-order valence-electron chi connectivity index (χ2n) is 9.88. The number of rotatable bonds is 13. The van der Waals surface area contributed by atoms with Crippen molar-refractivity contribution in [2.75, 3.05) is 25.6 Å². The zero-order valence-corrected chi connectivity index (χ0v) is 22.6. The van der Waals surface area contributed by atoms with Crippen LogP contribution in [-0.2, 0) is 22.5 Å². The molecule has 1 unspecified atom stereocenters. The summed E-state index contributed by atoms with van der Waals surface area (Å²) in [6.07, 6.45) is 0.901.